The van der Waals surface area contributed by atoms with Crippen molar-refractivity contribution in [3.63, 3.8) is 0 Å². The molecule has 0 atom stereocenters. The molecule has 0 aromatic rings. The standard InChI is InChI=1S/C12H22N2O3/c1-2-12(7-4-3-5-8-12)14-11(17)13-9-6-10(15)16/h2-9H2,1H3,(H,15,16)(H2,13,14,17). The van der Waals surface area contributed by atoms with Gasteiger partial charge in [0.05, 0.1) is 6.42 Å². The molecule has 0 unspecified atom stereocenters. The Labute approximate surface area is 102 Å². The van der Waals surface area contributed by atoms with Crippen LogP contribution in [0.3, 0.4) is 0 Å². The van der Waals surface area contributed by atoms with Crippen molar-refractivity contribution >= 4 is 12.0 Å². The Hall–Kier alpha value is -1.26. The number of carbonyl (C=O) groups excluding carboxylic acids is 1. The maximum absolute atomic E-state index is 11.6. The number of aliphatic carboxylic acids is 1. The lowest BCUT2D eigenvalue weighted by Crippen LogP contribution is -2.53. The molecule has 17 heavy (non-hydrogen) atoms. The Morgan fingerprint density at radius 1 is 1.24 bits per heavy atom. The monoisotopic (exact) mass is 242 g/mol. The number of nitrogens with one attached hydrogen (secondary N) is 2. The topological polar surface area (TPSA) is 78.4 Å². The minimum Gasteiger partial charge on any atom is -0.481 e. The molecule has 5 nitrogen and oxygen atoms in total. The van der Waals surface area contributed by atoms with E-state index in [9.17, 15) is 9.59 Å². The smallest absolute Gasteiger partial charge is 0.315 e. The van der Waals surface area contributed by atoms with Crippen molar-refractivity contribution < 1.29 is 14.7 Å². The Bertz CT molecular complexity index is 273. The molecular weight excluding hydrogens is 220 g/mol. The minimum absolute atomic E-state index is 0.0352. The quantitative estimate of drug-likeness (QED) is 0.688. The highest BCUT2D eigenvalue weighted by molar-refractivity contribution is 5.75. The number of hydrogen-bond acceptors (Lipinski definition) is 2. The number of carboxylic acids is 1. The summed E-state index contributed by atoms with van der Waals surface area (Å²) >= 11 is 0. The lowest BCUT2D eigenvalue weighted by Gasteiger charge is -2.37. The van der Waals surface area contributed by atoms with E-state index in [0.29, 0.717) is 0 Å². The maximum atomic E-state index is 11.6. The molecule has 3 N–H and O–H groups in total. The molecule has 0 radical (unpaired) electrons. The SMILES string of the molecule is CCC1(NC(=O)NCCC(=O)O)CCCCC1. The molecular formula is C12H22N2O3. The fourth-order valence-corrected chi connectivity index (χ4v) is 2.36. The van der Waals surface area contributed by atoms with E-state index in [2.05, 4.69) is 17.6 Å². The van der Waals surface area contributed by atoms with Crippen molar-refractivity contribution in [3.05, 3.63) is 0 Å². The van der Waals surface area contributed by atoms with Crippen LogP contribution < -0.4 is 10.6 Å². The van der Waals surface area contributed by atoms with Crippen molar-refractivity contribution in [2.24, 2.45) is 0 Å². The van der Waals surface area contributed by atoms with Crippen LogP contribution >= 0.6 is 0 Å². The van der Waals surface area contributed by atoms with Crippen LogP contribution in [-0.4, -0.2) is 29.2 Å². The third-order valence-electron chi connectivity index (χ3n) is 3.49. The van der Waals surface area contributed by atoms with Gasteiger partial charge < -0.3 is 15.7 Å². The lowest BCUT2D eigenvalue weighted by molar-refractivity contribution is -0.136. The van der Waals surface area contributed by atoms with Gasteiger partial charge in [0.2, 0.25) is 0 Å². The molecule has 1 saturated carbocycles. The van der Waals surface area contributed by atoms with Gasteiger partial charge in [0, 0.05) is 12.1 Å². The van der Waals surface area contributed by atoms with E-state index in [1.165, 1.54) is 6.42 Å². The van der Waals surface area contributed by atoms with Crippen LogP contribution in [0, 0.1) is 0 Å². The fourth-order valence-electron chi connectivity index (χ4n) is 2.36. The molecule has 2 amide bonds. The predicted octanol–water partition coefficient (Wildman–Crippen LogP) is 1.87. The summed E-state index contributed by atoms with van der Waals surface area (Å²) in [7, 11) is 0. The van der Waals surface area contributed by atoms with E-state index in [-0.39, 0.29) is 24.5 Å². The summed E-state index contributed by atoms with van der Waals surface area (Å²) in [6.45, 7) is 2.27. The highest BCUT2D eigenvalue weighted by Crippen LogP contribution is 2.30. The van der Waals surface area contributed by atoms with Crippen LogP contribution in [-0.2, 0) is 4.79 Å². The van der Waals surface area contributed by atoms with Crippen LogP contribution in [0.15, 0.2) is 0 Å². The molecule has 1 aliphatic carbocycles. The zero-order chi connectivity index (χ0) is 12.7. The van der Waals surface area contributed by atoms with E-state index < -0.39 is 5.97 Å². The van der Waals surface area contributed by atoms with Gasteiger partial charge >= 0.3 is 12.0 Å². The molecule has 1 rings (SSSR count). The van der Waals surface area contributed by atoms with Gasteiger partial charge in [0.15, 0.2) is 0 Å². The third kappa shape index (κ3) is 4.63. The first-order valence-corrected chi connectivity index (χ1v) is 6.36. The molecule has 0 heterocycles. The molecule has 1 fully saturated rings. The molecule has 5 heteroatoms. The van der Waals surface area contributed by atoms with Crippen LogP contribution in [0.25, 0.3) is 0 Å². The number of carbonyl (C=O) groups is 2. The maximum Gasteiger partial charge on any atom is 0.315 e. The van der Waals surface area contributed by atoms with Gasteiger partial charge in [-0.25, -0.2) is 4.79 Å². The molecule has 0 bridgehead atoms. The summed E-state index contributed by atoms with van der Waals surface area (Å²) in [4.78, 5) is 22.0. The first-order valence-electron chi connectivity index (χ1n) is 6.36. The van der Waals surface area contributed by atoms with Crippen LogP contribution in [0.5, 0.6) is 0 Å². The van der Waals surface area contributed by atoms with E-state index >= 15 is 0 Å². The molecule has 0 saturated heterocycles. The largest absolute Gasteiger partial charge is 0.481 e. The summed E-state index contributed by atoms with van der Waals surface area (Å²) in [5.74, 6) is -0.895. The predicted molar refractivity (Wildman–Crippen MR) is 64.9 cm³/mol. The van der Waals surface area contributed by atoms with E-state index in [1.54, 1.807) is 0 Å². The lowest BCUT2D eigenvalue weighted by atomic mass is 9.80. The number of rotatable bonds is 5. The zero-order valence-electron chi connectivity index (χ0n) is 10.4. The van der Waals surface area contributed by atoms with Crippen molar-refractivity contribution in [1.29, 1.82) is 0 Å². The van der Waals surface area contributed by atoms with Crippen LogP contribution in [0.1, 0.15) is 51.9 Å². The summed E-state index contributed by atoms with van der Waals surface area (Å²) in [6, 6.07) is -0.241. The number of urea groups is 1. The van der Waals surface area contributed by atoms with E-state index in [1.807, 2.05) is 0 Å². The average molecular weight is 242 g/mol. The van der Waals surface area contributed by atoms with E-state index in [4.69, 9.17) is 5.11 Å². The van der Waals surface area contributed by atoms with Gasteiger partial charge in [-0.3, -0.25) is 4.79 Å². The summed E-state index contributed by atoms with van der Waals surface area (Å²) in [5, 5.41) is 14.1. The number of carboxylic acid groups (broad SMARTS) is 1. The van der Waals surface area contributed by atoms with Crippen LogP contribution in [0.4, 0.5) is 4.79 Å². The zero-order valence-corrected chi connectivity index (χ0v) is 10.4. The first kappa shape index (κ1) is 13.8. The van der Waals surface area contributed by atoms with Gasteiger partial charge in [-0.2, -0.15) is 0 Å². The Kier molecular flexibility index (Phi) is 5.25. The summed E-state index contributed by atoms with van der Waals surface area (Å²) in [6.07, 6.45) is 6.49. The van der Waals surface area contributed by atoms with Gasteiger partial charge in [0.25, 0.3) is 0 Å². The molecule has 98 valence electrons. The van der Waals surface area contributed by atoms with Crippen LogP contribution in [0.2, 0.25) is 0 Å². The Morgan fingerprint density at radius 2 is 1.88 bits per heavy atom. The van der Waals surface area contributed by atoms with Crippen molar-refractivity contribution in [2.75, 3.05) is 6.54 Å². The Balaban J connectivity index is 2.34. The van der Waals surface area contributed by atoms with Crippen molar-refractivity contribution in [3.8, 4) is 0 Å². The highest BCUT2D eigenvalue weighted by Gasteiger charge is 2.31. The highest BCUT2D eigenvalue weighted by atomic mass is 16.4. The van der Waals surface area contributed by atoms with Crippen molar-refractivity contribution in [2.45, 2.75) is 57.4 Å². The van der Waals surface area contributed by atoms with Gasteiger partial charge in [0.1, 0.15) is 0 Å². The minimum atomic E-state index is -0.895. The second kappa shape index (κ2) is 6.47. The summed E-state index contributed by atoms with van der Waals surface area (Å²) < 4.78 is 0. The summed E-state index contributed by atoms with van der Waals surface area (Å²) in [5.41, 5.74) is -0.0778. The van der Waals surface area contributed by atoms with Gasteiger partial charge in [-0.05, 0) is 19.3 Å². The fraction of sp³-hybridized carbons (Fsp3) is 0.833. The van der Waals surface area contributed by atoms with Gasteiger partial charge in [-0.1, -0.05) is 26.2 Å². The molecule has 1 aliphatic rings. The second-order valence-electron chi connectivity index (χ2n) is 4.72. The molecule has 0 spiro atoms. The van der Waals surface area contributed by atoms with Gasteiger partial charge in [-0.15, -0.1) is 0 Å². The molecule has 0 aromatic heterocycles. The third-order valence-corrected chi connectivity index (χ3v) is 3.49. The Morgan fingerprint density at radius 3 is 2.41 bits per heavy atom. The van der Waals surface area contributed by atoms with E-state index in [0.717, 1.165) is 32.1 Å². The second-order valence-corrected chi connectivity index (χ2v) is 4.72. The normalized spacial score (nSPS) is 18.4. The molecule has 0 aliphatic heterocycles. The first-order chi connectivity index (χ1) is 8.08. The number of hydrogen-bond donors (Lipinski definition) is 3. The average Bonchev–Trinajstić information content (AvgIpc) is 2.29. The molecule has 0 aromatic carbocycles. The van der Waals surface area contributed by atoms with Crippen molar-refractivity contribution in [1.82, 2.24) is 10.6 Å². The number of amides is 2.